The summed E-state index contributed by atoms with van der Waals surface area (Å²) in [4.78, 5) is 4.93. The minimum atomic E-state index is -4.48. The summed E-state index contributed by atoms with van der Waals surface area (Å²) in [6, 6.07) is 10.3. The lowest BCUT2D eigenvalue weighted by molar-refractivity contribution is -0.137. The molecule has 35 heavy (non-hydrogen) atoms. The normalized spacial score (nSPS) is 19.6. The fraction of sp³-hybridized carbons (Fsp3) is 0.393. The lowest BCUT2D eigenvalue weighted by Gasteiger charge is -2.34. The molecule has 1 heterocycles. The van der Waals surface area contributed by atoms with E-state index in [1.807, 2.05) is 13.8 Å². The van der Waals surface area contributed by atoms with Crippen LogP contribution in [0.4, 0.5) is 17.6 Å². The van der Waals surface area contributed by atoms with Crippen molar-refractivity contribution in [3.8, 4) is 11.1 Å². The van der Waals surface area contributed by atoms with Crippen molar-refractivity contribution >= 4 is 0 Å². The summed E-state index contributed by atoms with van der Waals surface area (Å²) in [6.07, 6.45) is -3.18. The zero-order valence-corrected chi connectivity index (χ0v) is 19.5. The fourth-order valence-corrected chi connectivity index (χ4v) is 5.34. The molecule has 0 saturated heterocycles. The van der Waals surface area contributed by atoms with Crippen LogP contribution in [0.3, 0.4) is 0 Å². The molecule has 0 radical (unpaired) electrons. The summed E-state index contributed by atoms with van der Waals surface area (Å²) < 4.78 is 53.1. The summed E-state index contributed by atoms with van der Waals surface area (Å²) in [5.41, 5.74) is 3.23. The number of fused-ring (bicyclic) bond motifs is 1. The molecule has 1 aromatic heterocycles. The second-order valence-corrected chi connectivity index (χ2v) is 10.2. The Morgan fingerprint density at radius 1 is 1.00 bits per heavy atom. The molecule has 2 unspecified atom stereocenters. The number of aromatic nitrogens is 1. The van der Waals surface area contributed by atoms with Crippen molar-refractivity contribution in [2.75, 3.05) is 0 Å². The molecule has 0 aliphatic heterocycles. The van der Waals surface area contributed by atoms with Crippen LogP contribution in [0.25, 0.3) is 11.1 Å². The first-order valence-electron chi connectivity index (χ1n) is 11.8. The Morgan fingerprint density at radius 3 is 2.17 bits per heavy atom. The molecule has 0 amide bonds. The predicted molar refractivity (Wildman–Crippen MR) is 124 cm³/mol. The van der Waals surface area contributed by atoms with Crippen LogP contribution >= 0.6 is 0 Å². The zero-order chi connectivity index (χ0) is 25.1. The fourth-order valence-electron chi connectivity index (χ4n) is 5.34. The summed E-state index contributed by atoms with van der Waals surface area (Å²) in [7, 11) is 0. The molecule has 184 valence electrons. The summed E-state index contributed by atoms with van der Waals surface area (Å²) >= 11 is 0. The van der Waals surface area contributed by atoms with Crippen LogP contribution in [-0.4, -0.2) is 15.2 Å². The Hall–Kier alpha value is -2.77. The molecule has 2 aliphatic rings. The Labute approximate surface area is 201 Å². The van der Waals surface area contributed by atoms with Crippen molar-refractivity contribution in [1.82, 2.24) is 4.98 Å². The number of pyridine rings is 1. The first-order chi connectivity index (χ1) is 16.5. The van der Waals surface area contributed by atoms with Gasteiger partial charge in [-0.3, -0.25) is 4.98 Å². The number of aliphatic hydroxyl groups is 2. The first-order valence-corrected chi connectivity index (χ1v) is 11.8. The average molecular weight is 486 g/mol. The highest BCUT2D eigenvalue weighted by molar-refractivity contribution is 5.75. The average Bonchev–Trinajstić information content (AvgIpc) is 3.55. The number of hydrogen-bond donors (Lipinski definition) is 2. The van der Waals surface area contributed by atoms with Gasteiger partial charge in [0.25, 0.3) is 0 Å². The van der Waals surface area contributed by atoms with Gasteiger partial charge in [-0.1, -0.05) is 38.1 Å². The second-order valence-electron chi connectivity index (χ2n) is 10.2. The topological polar surface area (TPSA) is 53.4 Å². The van der Waals surface area contributed by atoms with Crippen molar-refractivity contribution in [3.05, 3.63) is 88.0 Å². The zero-order valence-electron chi connectivity index (χ0n) is 19.5. The van der Waals surface area contributed by atoms with Crippen LogP contribution in [0.5, 0.6) is 0 Å². The Morgan fingerprint density at radius 2 is 1.63 bits per heavy atom. The SMILES string of the molecule is CC(C)c1nc2c(c(-c3ccc(F)cc3)c1C(O)c1ccc(C(F)(F)F)cc1)C(O)CC1(CC1)C2. The number of aliphatic hydroxyl groups excluding tert-OH is 2. The van der Waals surface area contributed by atoms with E-state index < -0.39 is 29.8 Å². The number of alkyl halides is 3. The van der Waals surface area contributed by atoms with Crippen LogP contribution in [-0.2, 0) is 12.6 Å². The largest absolute Gasteiger partial charge is 0.416 e. The highest BCUT2D eigenvalue weighted by Gasteiger charge is 2.49. The number of halogens is 4. The second kappa shape index (κ2) is 8.42. The highest BCUT2D eigenvalue weighted by atomic mass is 19.4. The van der Waals surface area contributed by atoms with Gasteiger partial charge in [-0.2, -0.15) is 13.2 Å². The van der Waals surface area contributed by atoms with Gasteiger partial charge in [0.2, 0.25) is 0 Å². The van der Waals surface area contributed by atoms with E-state index in [4.69, 9.17) is 4.98 Å². The third kappa shape index (κ3) is 4.36. The van der Waals surface area contributed by atoms with E-state index in [-0.39, 0.29) is 16.9 Å². The minimum Gasteiger partial charge on any atom is -0.388 e. The van der Waals surface area contributed by atoms with Crippen molar-refractivity contribution in [2.24, 2.45) is 5.41 Å². The molecule has 2 aromatic carbocycles. The van der Waals surface area contributed by atoms with Crippen molar-refractivity contribution in [2.45, 2.75) is 63.8 Å². The van der Waals surface area contributed by atoms with Gasteiger partial charge in [0.1, 0.15) is 11.9 Å². The molecule has 1 spiro atoms. The van der Waals surface area contributed by atoms with Crippen LogP contribution < -0.4 is 0 Å². The first kappa shape index (κ1) is 23.9. The molecule has 7 heteroatoms. The van der Waals surface area contributed by atoms with Gasteiger partial charge in [0.15, 0.2) is 0 Å². The standard InChI is InChI=1S/C28H27F4NO2/c1-15(2)25-24(26(35)17-3-7-18(8-4-17)28(30,31)32)22(16-5-9-19(29)10-6-16)23-20(33-25)13-27(11-12-27)14-21(23)34/h3-10,15,21,26,34-35H,11-14H2,1-2H3. The number of nitrogens with zero attached hydrogens (tertiary/aromatic N) is 1. The maximum atomic E-state index is 13.8. The van der Waals surface area contributed by atoms with E-state index in [0.29, 0.717) is 34.4 Å². The predicted octanol–water partition coefficient (Wildman–Crippen LogP) is 6.87. The van der Waals surface area contributed by atoms with Crippen molar-refractivity contribution in [1.29, 1.82) is 0 Å². The van der Waals surface area contributed by atoms with Crippen molar-refractivity contribution < 1.29 is 27.8 Å². The van der Waals surface area contributed by atoms with Gasteiger partial charge >= 0.3 is 6.18 Å². The van der Waals surface area contributed by atoms with Crippen LogP contribution in [0.1, 0.15) is 84.9 Å². The molecular formula is C28H27F4NO2. The maximum Gasteiger partial charge on any atom is 0.416 e. The quantitative estimate of drug-likeness (QED) is 0.397. The van der Waals surface area contributed by atoms with E-state index in [1.165, 1.54) is 24.3 Å². The molecule has 1 fully saturated rings. The van der Waals surface area contributed by atoms with Crippen LogP contribution in [0, 0.1) is 11.2 Å². The van der Waals surface area contributed by atoms with Gasteiger partial charge in [0, 0.05) is 22.5 Å². The van der Waals surface area contributed by atoms with Crippen molar-refractivity contribution in [3.63, 3.8) is 0 Å². The van der Waals surface area contributed by atoms with Crippen LogP contribution in [0.2, 0.25) is 0 Å². The number of benzene rings is 2. The molecule has 2 N–H and O–H groups in total. The number of hydrogen-bond acceptors (Lipinski definition) is 3. The van der Waals surface area contributed by atoms with Crippen LogP contribution in [0.15, 0.2) is 48.5 Å². The molecule has 3 aromatic rings. The summed E-state index contributed by atoms with van der Waals surface area (Å²) in [6.45, 7) is 3.89. The molecule has 0 bridgehead atoms. The smallest absolute Gasteiger partial charge is 0.388 e. The minimum absolute atomic E-state index is 0.0568. The van der Waals surface area contributed by atoms with E-state index in [0.717, 1.165) is 37.1 Å². The highest BCUT2D eigenvalue weighted by Crippen LogP contribution is 2.59. The summed E-state index contributed by atoms with van der Waals surface area (Å²) in [5.74, 6) is -0.518. The Bertz CT molecular complexity index is 1250. The molecule has 2 atom stereocenters. The molecule has 2 aliphatic carbocycles. The summed E-state index contributed by atoms with van der Waals surface area (Å²) in [5, 5.41) is 22.8. The number of rotatable bonds is 4. The monoisotopic (exact) mass is 485 g/mol. The lowest BCUT2D eigenvalue weighted by atomic mass is 9.76. The van der Waals surface area contributed by atoms with Gasteiger partial charge in [-0.25, -0.2) is 4.39 Å². The van der Waals surface area contributed by atoms with E-state index in [2.05, 4.69) is 0 Å². The van der Waals surface area contributed by atoms with E-state index >= 15 is 0 Å². The van der Waals surface area contributed by atoms with Gasteiger partial charge < -0.3 is 10.2 Å². The van der Waals surface area contributed by atoms with Gasteiger partial charge in [0.05, 0.1) is 11.7 Å². The van der Waals surface area contributed by atoms with E-state index in [1.54, 1.807) is 12.1 Å². The third-order valence-electron chi connectivity index (χ3n) is 7.35. The molecule has 1 saturated carbocycles. The molecule has 5 rings (SSSR count). The maximum absolute atomic E-state index is 13.8. The molecular weight excluding hydrogens is 458 g/mol. The van der Waals surface area contributed by atoms with Gasteiger partial charge in [-0.05, 0) is 78.0 Å². The van der Waals surface area contributed by atoms with E-state index in [9.17, 15) is 27.8 Å². The lowest BCUT2D eigenvalue weighted by Crippen LogP contribution is -2.25. The molecule has 3 nitrogen and oxygen atoms in total. The Balaban J connectivity index is 1.74. The Kier molecular flexibility index (Phi) is 5.76. The van der Waals surface area contributed by atoms with Gasteiger partial charge in [-0.15, -0.1) is 0 Å². The third-order valence-corrected chi connectivity index (χ3v) is 7.35.